The van der Waals surface area contributed by atoms with Crippen molar-refractivity contribution in [3.63, 3.8) is 0 Å². The molecular weight excluding hydrogens is 434 g/mol. The number of aliphatic hydroxyl groups excluding tert-OH is 1. The second-order valence-electron chi connectivity index (χ2n) is 8.73. The minimum Gasteiger partial charge on any atom is -0.387 e. The molecule has 0 bridgehead atoms. The lowest BCUT2D eigenvalue weighted by molar-refractivity contribution is -0.123. The Bertz CT molecular complexity index is 1080. The Morgan fingerprint density at radius 1 is 1.12 bits per heavy atom. The van der Waals surface area contributed by atoms with E-state index in [-0.39, 0.29) is 11.8 Å². The number of anilines is 1. The summed E-state index contributed by atoms with van der Waals surface area (Å²) < 4.78 is 0. The van der Waals surface area contributed by atoms with Gasteiger partial charge in [0.1, 0.15) is 5.41 Å². The molecule has 3 unspecified atom stereocenters. The van der Waals surface area contributed by atoms with E-state index < -0.39 is 11.5 Å². The molecule has 4 rings (SSSR count). The van der Waals surface area contributed by atoms with Crippen molar-refractivity contribution in [2.45, 2.75) is 17.9 Å². The van der Waals surface area contributed by atoms with Crippen LogP contribution in [0.15, 0.2) is 78.9 Å². The molecule has 1 aliphatic heterocycles. The molecule has 3 aromatic carbocycles. The van der Waals surface area contributed by atoms with Crippen molar-refractivity contribution in [2.75, 3.05) is 31.6 Å². The molecule has 3 atom stereocenters. The normalized spacial score (nSPS) is 18.5. The van der Waals surface area contributed by atoms with Gasteiger partial charge in [0.25, 0.3) is 0 Å². The molecular formula is C27H30ClN3O2. The second kappa shape index (κ2) is 9.96. The van der Waals surface area contributed by atoms with Crippen molar-refractivity contribution in [2.24, 2.45) is 11.7 Å². The monoisotopic (exact) mass is 463 g/mol. The predicted octanol–water partition coefficient (Wildman–Crippen LogP) is 3.89. The van der Waals surface area contributed by atoms with Gasteiger partial charge in [0.15, 0.2) is 0 Å². The topological polar surface area (TPSA) is 78.6 Å². The standard InChI is InChI=1S/C27H30ClN3O2/c1-31(18-25(32)19-10-12-23(28)13-11-19)24-9-5-8-21(16-24)27(26(29)33,22-14-15-30-17-22)20-6-3-2-4-7-20/h2-13,16,22,25,30,32H,14-15,17-18H2,1H3,(H2,29,33). The fourth-order valence-electron chi connectivity index (χ4n) is 4.99. The summed E-state index contributed by atoms with van der Waals surface area (Å²) in [4.78, 5) is 15.2. The Balaban J connectivity index is 1.70. The molecule has 1 amide bonds. The van der Waals surface area contributed by atoms with Crippen LogP contribution in [0.25, 0.3) is 0 Å². The second-order valence-corrected chi connectivity index (χ2v) is 9.16. The Kier molecular flexibility index (Phi) is 7.03. The molecule has 1 heterocycles. The van der Waals surface area contributed by atoms with Crippen LogP contribution < -0.4 is 16.0 Å². The van der Waals surface area contributed by atoms with Crippen LogP contribution in [0.5, 0.6) is 0 Å². The SMILES string of the molecule is CN(CC(O)c1ccc(Cl)cc1)c1cccc(C(C(N)=O)(c2ccccc2)C2CCNC2)c1. The van der Waals surface area contributed by atoms with Crippen molar-refractivity contribution in [3.05, 3.63) is 101 Å². The quantitative estimate of drug-likeness (QED) is 0.473. The van der Waals surface area contributed by atoms with E-state index in [0.717, 1.165) is 41.9 Å². The molecule has 0 saturated carbocycles. The molecule has 0 radical (unpaired) electrons. The molecule has 1 aliphatic rings. The van der Waals surface area contributed by atoms with Crippen LogP contribution in [-0.2, 0) is 10.2 Å². The van der Waals surface area contributed by atoms with Crippen LogP contribution in [0, 0.1) is 5.92 Å². The van der Waals surface area contributed by atoms with Crippen molar-refractivity contribution in [1.82, 2.24) is 5.32 Å². The first-order valence-electron chi connectivity index (χ1n) is 11.2. The Hall–Kier alpha value is -2.86. The number of amides is 1. The Morgan fingerprint density at radius 3 is 2.45 bits per heavy atom. The number of likely N-dealkylation sites (N-methyl/N-ethyl adjacent to an activating group) is 1. The maximum absolute atomic E-state index is 13.2. The predicted molar refractivity (Wildman–Crippen MR) is 134 cm³/mol. The number of nitrogens with zero attached hydrogens (tertiary/aromatic N) is 1. The van der Waals surface area contributed by atoms with Crippen LogP contribution >= 0.6 is 11.6 Å². The maximum Gasteiger partial charge on any atom is 0.232 e. The van der Waals surface area contributed by atoms with Crippen molar-refractivity contribution < 1.29 is 9.90 Å². The van der Waals surface area contributed by atoms with Crippen molar-refractivity contribution in [3.8, 4) is 0 Å². The number of primary amides is 1. The highest BCUT2D eigenvalue weighted by Crippen LogP contribution is 2.43. The van der Waals surface area contributed by atoms with Gasteiger partial charge < -0.3 is 21.1 Å². The average molecular weight is 464 g/mol. The summed E-state index contributed by atoms with van der Waals surface area (Å²) in [6.07, 6.45) is 0.192. The summed E-state index contributed by atoms with van der Waals surface area (Å²) >= 11 is 5.97. The van der Waals surface area contributed by atoms with E-state index in [1.54, 1.807) is 12.1 Å². The van der Waals surface area contributed by atoms with Crippen LogP contribution in [0.1, 0.15) is 29.2 Å². The summed E-state index contributed by atoms with van der Waals surface area (Å²) in [7, 11) is 1.93. The summed E-state index contributed by atoms with van der Waals surface area (Å²) in [6.45, 7) is 1.98. The zero-order valence-electron chi connectivity index (χ0n) is 18.7. The van der Waals surface area contributed by atoms with Crippen LogP contribution in [0.3, 0.4) is 0 Å². The molecule has 3 aromatic rings. The van der Waals surface area contributed by atoms with Gasteiger partial charge in [-0.2, -0.15) is 0 Å². The van der Waals surface area contributed by atoms with Crippen molar-refractivity contribution in [1.29, 1.82) is 0 Å². The third kappa shape index (κ3) is 4.62. The Morgan fingerprint density at radius 2 is 1.82 bits per heavy atom. The highest BCUT2D eigenvalue weighted by molar-refractivity contribution is 6.30. The van der Waals surface area contributed by atoms with E-state index in [1.165, 1.54) is 0 Å². The van der Waals surface area contributed by atoms with E-state index in [4.69, 9.17) is 17.3 Å². The smallest absolute Gasteiger partial charge is 0.232 e. The molecule has 1 saturated heterocycles. The highest BCUT2D eigenvalue weighted by Gasteiger charge is 2.48. The third-order valence-corrected chi connectivity index (χ3v) is 6.99. The number of benzene rings is 3. The number of hydrogen-bond acceptors (Lipinski definition) is 4. The first kappa shape index (κ1) is 23.3. The number of carbonyl (C=O) groups excluding carboxylic acids is 1. The van der Waals surface area contributed by atoms with E-state index in [0.29, 0.717) is 11.6 Å². The fourth-order valence-corrected chi connectivity index (χ4v) is 5.12. The summed E-state index contributed by atoms with van der Waals surface area (Å²) in [5, 5.41) is 14.8. The first-order chi connectivity index (χ1) is 15.9. The molecule has 0 aromatic heterocycles. The van der Waals surface area contributed by atoms with Gasteiger partial charge in [-0.15, -0.1) is 0 Å². The number of carbonyl (C=O) groups is 1. The van der Waals surface area contributed by atoms with Crippen LogP contribution in [0.2, 0.25) is 5.02 Å². The van der Waals surface area contributed by atoms with E-state index in [2.05, 4.69) is 5.32 Å². The summed E-state index contributed by atoms with van der Waals surface area (Å²) in [5.74, 6) is -0.291. The number of hydrogen-bond donors (Lipinski definition) is 3. The van der Waals surface area contributed by atoms with E-state index >= 15 is 0 Å². The number of nitrogens with one attached hydrogen (secondary N) is 1. The average Bonchev–Trinajstić information content (AvgIpc) is 3.36. The zero-order chi connectivity index (χ0) is 23.4. The minimum atomic E-state index is -0.934. The largest absolute Gasteiger partial charge is 0.387 e. The van der Waals surface area contributed by atoms with Gasteiger partial charge in [-0.1, -0.05) is 66.2 Å². The van der Waals surface area contributed by atoms with Gasteiger partial charge in [0.05, 0.1) is 6.10 Å². The third-order valence-electron chi connectivity index (χ3n) is 6.73. The highest BCUT2D eigenvalue weighted by atomic mass is 35.5. The molecule has 172 valence electrons. The molecule has 0 aliphatic carbocycles. The number of rotatable bonds is 8. The minimum absolute atomic E-state index is 0.0533. The molecule has 1 fully saturated rings. The summed E-state index contributed by atoms with van der Waals surface area (Å²) in [5.41, 5.74) is 8.74. The maximum atomic E-state index is 13.2. The zero-order valence-corrected chi connectivity index (χ0v) is 19.5. The molecule has 6 heteroatoms. The first-order valence-corrected chi connectivity index (χ1v) is 11.6. The molecule has 4 N–H and O–H groups in total. The lowest BCUT2D eigenvalue weighted by Gasteiger charge is -2.38. The van der Waals surface area contributed by atoms with Gasteiger partial charge >= 0.3 is 0 Å². The lowest BCUT2D eigenvalue weighted by Crippen LogP contribution is -2.49. The van der Waals surface area contributed by atoms with Crippen LogP contribution in [0.4, 0.5) is 5.69 Å². The lowest BCUT2D eigenvalue weighted by atomic mass is 9.64. The number of aliphatic hydroxyl groups is 1. The number of halogens is 1. The van der Waals surface area contributed by atoms with Gasteiger partial charge in [-0.25, -0.2) is 0 Å². The molecule has 33 heavy (non-hydrogen) atoms. The van der Waals surface area contributed by atoms with Gasteiger partial charge in [0.2, 0.25) is 5.91 Å². The molecule has 0 spiro atoms. The fraction of sp³-hybridized carbons (Fsp3) is 0.296. The van der Waals surface area contributed by atoms with E-state index in [9.17, 15) is 9.90 Å². The van der Waals surface area contributed by atoms with Gasteiger partial charge in [0, 0.05) is 24.3 Å². The number of nitrogens with two attached hydrogens (primary N) is 1. The summed E-state index contributed by atoms with van der Waals surface area (Å²) in [6, 6.07) is 25.0. The van der Waals surface area contributed by atoms with Crippen LogP contribution in [-0.4, -0.2) is 37.7 Å². The van der Waals surface area contributed by atoms with Gasteiger partial charge in [-0.05, 0) is 66.4 Å². The molecule has 5 nitrogen and oxygen atoms in total. The van der Waals surface area contributed by atoms with E-state index in [1.807, 2.05) is 78.7 Å². The van der Waals surface area contributed by atoms with Gasteiger partial charge in [-0.3, -0.25) is 4.79 Å². The Labute approximate surface area is 200 Å². The van der Waals surface area contributed by atoms with Crippen molar-refractivity contribution >= 4 is 23.2 Å².